The van der Waals surface area contributed by atoms with Crippen LogP contribution in [0, 0.1) is 13.8 Å². The fraction of sp³-hybridized carbons (Fsp3) is 0.400. The van der Waals surface area contributed by atoms with Crippen molar-refractivity contribution in [2.24, 2.45) is 0 Å². The number of hydrogen-bond donors (Lipinski definition) is 0. The molecule has 0 spiro atoms. The molecule has 0 rings (SSSR count). The Labute approximate surface area is 115 Å². The molecule has 0 nitrogen and oxygen atoms in total. The summed E-state index contributed by atoms with van der Waals surface area (Å²) in [7, 11) is 0. The summed E-state index contributed by atoms with van der Waals surface area (Å²) in [5, 5.41) is 0. The molecular weight excluding hydrogens is 303 g/mol. The molecule has 0 bridgehead atoms. The molecule has 0 saturated carbocycles. The summed E-state index contributed by atoms with van der Waals surface area (Å²) in [6.45, 7) is 11.7. The molecule has 0 aliphatic carbocycles. The predicted octanol–water partition coefficient (Wildman–Crippen LogP) is 3.32. The van der Waals surface area contributed by atoms with Gasteiger partial charge in [0.25, 0.3) is 0 Å². The third kappa shape index (κ3) is 13.6. The van der Waals surface area contributed by atoms with Crippen molar-refractivity contribution in [3.8, 4) is 0 Å². The molecule has 0 atom stereocenters. The summed E-state index contributed by atoms with van der Waals surface area (Å²) >= 11 is 0. The Hall–Kier alpha value is 0.986. The Morgan fingerprint density at radius 1 is 1.25 bits per heavy atom. The maximum absolute atomic E-state index is 3.82. The second-order valence-corrected chi connectivity index (χ2v) is 2.68. The molecule has 0 amide bonds. The first-order chi connectivity index (χ1) is 4.66. The number of rotatable bonds is 3. The molecule has 0 N–H and O–H groups in total. The Balaban J connectivity index is -0.000000405. The van der Waals surface area contributed by atoms with Gasteiger partial charge in [0.05, 0.1) is 0 Å². The molecule has 0 unspecified atom stereocenters. The first-order valence-corrected chi connectivity index (χ1v) is 3.60. The van der Waals surface area contributed by atoms with Gasteiger partial charge in [-0.25, -0.2) is 0 Å². The van der Waals surface area contributed by atoms with Crippen molar-refractivity contribution in [2.75, 3.05) is 0 Å². The van der Waals surface area contributed by atoms with E-state index < -0.39 is 0 Å². The second kappa shape index (κ2) is 12.0. The molecular formula is C10H16Zr2-2. The van der Waals surface area contributed by atoms with Crippen LogP contribution in [0.25, 0.3) is 0 Å². The zero-order valence-corrected chi connectivity index (χ0v) is 12.9. The van der Waals surface area contributed by atoms with Crippen LogP contribution < -0.4 is 0 Å². The number of allylic oxidation sites excluding steroid dienone is 4. The van der Waals surface area contributed by atoms with Crippen LogP contribution in [0.4, 0.5) is 0 Å². The smallest absolute Gasteiger partial charge is 0 e. The van der Waals surface area contributed by atoms with Crippen molar-refractivity contribution in [1.29, 1.82) is 0 Å². The molecule has 0 aliphatic heterocycles. The van der Waals surface area contributed by atoms with Crippen LogP contribution >= 0.6 is 0 Å². The van der Waals surface area contributed by atoms with Crippen LogP contribution in [-0.4, -0.2) is 0 Å². The van der Waals surface area contributed by atoms with Gasteiger partial charge in [-0.15, -0.1) is 6.42 Å². The monoisotopic (exact) mass is 316 g/mol. The van der Waals surface area contributed by atoms with E-state index in [2.05, 4.69) is 33.8 Å². The first-order valence-electron chi connectivity index (χ1n) is 3.60. The average Bonchev–Trinajstić information content (AvgIpc) is 1.87. The molecule has 0 saturated heterocycles. The van der Waals surface area contributed by atoms with E-state index in [-0.39, 0.29) is 52.4 Å². The van der Waals surface area contributed by atoms with Gasteiger partial charge in [-0.3, -0.25) is 0 Å². The van der Waals surface area contributed by atoms with Gasteiger partial charge in [-0.2, -0.15) is 0 Å². The van der Waals surface area contributed by atoms with E-state index in [4.69, 9.17) is 0 Å². The second-order valence-electron chi connectivity index (χ2n) is 2.68. The Morgan fingerprint density at radius 2 is 1.75 bits per heavy atom. The van der Waals surface area contributed by atoms with Crippen molar-refractivity contribution < 1.29 is 52.4 Å². The minimum Gasteiger partial charge on any atom is -0.379 e. The fourth-order valence-corrected chi connectivity index (χ4v) is 0.648. The molecule has 0 aromatic heterocycles. The summed E-state index contributed by atoms with van der Waals surface area (Å²) in [6.07, 6.45) is 6.16. The zero-order chi connectivity index (χ0) is 7.98. The molecule has 0 heterocycles. The van der Waals surface area contributed by atoms with Gasteiger partial charge in [0.2, 0.25) is 0 Å². The summed E-state index contributed by atoms with van der Waals surface area (Å²) in [6, 6.07) is 0. The summed E-state index contributed by atoms with van der Waals surface area (Å²) in [5.74, 6) is 0. The van der Waals surface area contributed by atoms with E-state index >= 15 is 0 Å². The van der Waals surface area contributed by atoms with Gasteiger partial charge >= 0.3 is 0 Å². The largest absolute Gasteiger partial charge is 0.379 e. The van der Waals surface area contributed by atoms with Crippen molar-refractivity contribution >= 4 is 0 Å². The van der Waals surface area contributed by atoms with E-state index in [1.54, 1.807) is 0 Å². The van der Waals surface area contributed by atoms with E-state index in [1.807, 2.05) is 6.08 Å². The molecule has 0 fully saturated rings. The van der Waals surface area contributed by atoms with E-state index in [9.17, 15) is 0 Å². The van der Waals surface area contributed by atoms with E-state index in [0.29, 0.717) is 0 Å². The zero-order valence-electron chi connectivity index (χ0n) is 7.98. The maximum atomic E-state index is 3.82. The average molecular weight is 319 g/mol. The van der Waals surface area contributed by atoms with Crippen LogP contribution in [-0.2, 0) is 52.4 Å². The van der Waals surface area contributed by atoms with Gasteiger partial charge in [-0.05, 0) is 20.3 Å². The minimum atomic E-state index is 0. The van der Waals surface area contributed by atoms with Crippen LogP contribution in [0.3, 0.4) is 0 Å². The SMILES string of the molecule is [CH2-]/C=C(\[CH2-])CCC=C(C)C.[Zr].[Zr]. The van der Waals surface area contributed by atoms with Crippen LogP contribution in [0.5, 0.6) is 0 Å². The minimum absolute atomic E-state index is 0. The van der Waals surface area contributed by atoms with Crippen LogP contribution in [0.1, 0.15) is 26.7 Å². The summed E-state index contributed by atoms with van der Waals surface area (Å²) in [4.78, 5) is 0. The Bertz CT molecular complexity index is 142. The Kier molecular flexibility index (Phi) is 18.7. The van der Waals surface area contributed by atoms with Gasteiger partial charge in [-0.1, -0.05) is 11.6 Å². The van der Waals surface area contributed by atoms with Gasteiger partial charge in [0.1, 0.15) is 0 Å². The molecule has 12 heavy (non-hydrogen) atoms. The van der Waals surface area contributed by atoms with Crippen LogP contribution in [0.15, 0.2) is 23.3 Å². The van der Waals surface area contributed by atoms with Crippen molar-refractivity contribution in [2.45, 2.75) is 26.7 Å². The normalized spacial score (nSPS) is 9.33. The quantitative estimate of drug-likeness (QED) is 0.553. The predicted molar refractivity (Wildman–Crippen MR) is 47.5 cm³/mol. The standard InChI is InChI=1S/C10H16.2Zr/c1-5-10(4)8-6-7-9(2)3;;/h5,7H,1,4,6,8H2,2-3H3;;/q-2;;/b10-5+;;. The summed E-state index contributed by atoms with van der Waals surface area (Å²) in [5.41, 5.74) is 2.49. The van der Waals surface area contributed by atoms with Crippen LogP contribution in [0.2, 0.25) is 0 Å². The van der Waals surface area contributed by atoms with Gasteiger partial charge in [0, 0.05) is 52.4 Å². The van der Waals surface area contributed by atoms with E-state index in [0.717, 1.165) is 18.4 Å². The third-order valence-electron chi connectivity index (χ3n) is 1.31. The number of hydrogen-bond acceptors (Lipinski definition) is 0. The van der Waals surface area contributed by atoms with Crippen molar-refractivity contribution in [3.63, 3.8) is 0 Å². The molecule has 0 aliphatic rings. The molecule has 0 aromatic carbocycles. The maximum Gasteiger partial charge on any atom is 0 e. The van der Waals surface area contributed by atoms with Crippen molar-refractivity contribution in [1.82, 2.24) is 0 Å². The first kappa shape index (κ1) is 18.7. The molecule has 0 radical (unpaired) electrons. The molecule has 0 aromatic rings. The third-order valence-corrected chi connectivity index (χ3v) is 1.31. The Morgan fingerprint density at radius 3 is 2.08 bits per heavy atom. The van der Waals surface area contributed by atoms with Gasteiger partial charge in [0.15, 0.2) is 0 Å². The van der Waals surface area contributed by atoms with E-state index in [1.165, 1.54) is 5.57 Å². The van der Waals surface area contributed by atoms with Crippen molar-refractivity contribution in [3.05, 3.63) is 37.1 Å². The summed E-state index contributed by atoms with van der Waals surface area (Å²) < 4.78 is 0. The topological polar surface area (TPSA) is 0 Å². The van der Waals surface area contributed by atoms with Gasteiger partial charge < -0.3 is 25.5 Å². The fourth-order valence-electron chi connectivity index (χ4n) is 0.648. The molecule has 2 heteroatoms. The molecule has 66 valence electrons.